The van der Waals surface area contributed by atoms with Crippen LogP contribution in [0.15, 0.2) is 30.7 Å². The highest BCUT2D eigenvalue weighted by Gasteiger charge is 2.20. The van der Waals surface area contributed by atoms with Crippen LogP contribution < -0.4 is 10.5 Å². The molecule has 1 heterocycles. The van der Waals surface area contributed by atoms with Gasteiger partial charge in [0.15, 0.2) is 11.6 Å². The van der Waals surface area contributed by atoms with Crippen molar-refractivity contribution in [2.75, 3.05) is 7.11 Å². The van der Waals surface area contributed by atoms with Gasteiger partial charge in [0.25, 0.3) is 0 Å². The van der Waals surface area contributed by atoms with Crippen LogP contribution in [0.2, 0.25) is 0 Å². The van der Waals surface area contributed by atoms with Gasteiger partial charge in [0.2, 0.25) is 0 Å². The first-order valence-corrected chi connectivity index (χ1v) is 5.59. The highest BCUT2D eigenvalue weighted by molar-refractivity contribution is 5.40. The molecule has 0 bridgehead atoms. The standard InChI is InChI=1S/C13H16FN3O/c1-13(2,15)12-7-16-8-17(12)9-4-5-11(18-3)10(14)6-9/h4-8H,15H2,1-3H3. The third kappa shape index (κ3) is 2.22. The number of nitrogens with two attached hydrogens (primary N) is 1. The van der Waals surface area contributed by atoms with Gasteiger partial charge < -0.3 is 15.0 Å². The lowest BCUT2D eigenvalue weighted by Gasteiger charge is -2.20. The summed E-state index contributed by atoms with van der Waals surface area (Å²) in [4.78, 5) is 4.07. The largest absolute Gasteiger partial charge is 0.494 e. The van der Waals surface area contributed by atoms with E-state index in [2.05, 4.69) is 4.98 Å². The average Bonchev–Trinajstić information content (AvgIpc) is 2.77. The van der Waals surface area contributed by atoms with Crippen LogP contribution in [-0.2, 0) is 5.54 Å². The number of imidazole rings is 1. The monoisotopic (exact) mass is 249 g/mol. The van der Waals surface area contributed by atoms with Gasteiger partial charge in [-0.3, -0.25) is 0 Å². The lowest BCUT2D eigenvalue weighted by Crippen LogP contribution is -2.31. The molecule has 1 aromatic heterocycles. The molecule has 0 amide bonds. The van der Waals surface area contributed by atoms with E-state index in [0.29, 0.717) is 5.69 Å². The van der Waals surface area contributed by atoms with Gasteiger partial charge in [-0.15, -0.1) is 0 Å². The zero-order chi connectivity index (χ0) is 13.3. The van der Waals surface area contributed by atoms with Crippen LogP contribution in [-0.4, -0.2) is 16.7 Å². The second-order valence-electron chi connectivity index (χ2n) is 4.69. The minimum atomic E-state index is -0.549. The van der Waals surface area contributed by atoms with E-state index >= 15 is 0 Å². The van der Waals surface area contributed by atoms with Crippen molar-refractivity contribution in [1.82, 2.24) is 9.55 Å². The molecule has 0 saturated carbocycles. The number of aromatic nitrogens is 2. The van der Waals surface area contributed by atoms with Crippen LogP contribution in [0.5, 0.6) is 5.75 Å². The number of methoxy groups -OCH3 is 1. The summed E-state index contributed by atoms with van der Waals surface area (Å²) in [6.45, 7) is 3.75. The Morgan fingerprint density at radius 2 is 2.11 bits per heavy atom. The van der Waals surface area contributed by atoms with E-state index in [1.54, 1.807) is 29.2 Å². The summed E-state index contributed by atoms with van der Waals surface area (Å²) in [5, 5.41) is 0. The highest BCUT2D eigenvalue weighted by Crippen LogP contribution is 2.24. The molecular formula is C13H16FN3O. The maximum absolute atomic E-state index is 13.7. The fraction of sp³-hybridized carbons (Fsp3) is 0.308. The Bertz CT molecular complexity index is 558. The number of hydrogen-bond acceptors (Lipinski definition) is 3. The molecule has 0 fully saturated rings. The van der Waals surface area contributed by atoms with Gasteiger partial charge in [-0.2, -0.15) is 0 Å². The second kappa shape index (κ2) is 4.42. The Morgan fingerprint density at radius 1 is 1.39 bits per heavy atom. The Morgan fingerprint density at radius 3 is 2.67 bits per heavy atom. The maximum Gasteiger partial charge on any atom is 0.167 e. The molecule has 96 valence electrons. The predicted molar refractivity (Wildman–Crippen MR) is 67.3 cm³/mol. The average molecular weight is 249 g/mol. The molecule has 18 heavy (non-hydrogen) atoms. The number of halogens is 1. The van der Waals surface area contributed by atoms with E-state index in [-0.39, 0.29) is 5.75 Å². The van der Waals surface area contributed by atoms with Crippen molar-refractivity contribution in [3.63, 3.8) is 0 Å². The fourth-order valence-corrected chi connectivity index (χ4v) is 1.78. The minimum Gasteiger partial charge on any atom is -0.494 e. The Balaban J connectivity index is 2.50. The van der Waals surface area contributed by atoms with Crippen molar-refractivity contribution in [2.24, 2.45) is 5.73 Å². The van der Waals surface area contributed by atoms with Crippen LogP contribution in [0.3, 0.4) is 0 Å². The van der Waals surface area contributed by atoms with Crippen LogP contribution in [0, 0.1) is 5.82 Å². The van der Waals surface area contributed by atoms with Crippen LogP contribution >= 0.6 is 0 Å². The first-order valence-electron chi connectivity index (χ1n) is 5.59. The summed E-state index contributed by atoms with van der Waals surface area (Å²) >= 11 is 0. The van der Waals surface area contributed by atoms with E-state index in [0.717, 1.165) is 5.69 Å². The summed E-state index contributed by atoms with van der Waals surface area (Å²) in [5.41, 5.74) is 6.98. The van der Waals surface area contributed by atoms with E-state index in [1.807, 2.05) is 13.8 Å². The molecule has 0 spiro atoms. The summed E-state index contributed by atoms with van der Waals surface area (Å²) in [7, 11) is 1.43. The molecule has 2 rings (SSSR count). The molecule has 0 unspecified atom stereocenters. The zero-order valence-corrected chi connectivity index (χ0v) is 10.6. The van der Waals surface area contributed by atoms with E-state index in [4.69, 9.17) is 10.5 Å². The molecule has 4 nitrogen and oxygen atoms in total. The number of benzene rings is 1. The first-order chi connectivity index (χ1) is 8.43. The van der Waals surface area contributed by atoms with Crippen LogP contribution in [0.25, 0.3) is 5.69 Å². The molecule has 0 radical (unpaired) electrons. The summed E-state index contributed by atoms with van der Waals surface area (Å²) in [5.74, 6) is -0.197. The van der Waals surface area contributed by atoms with Crippen molar-refractivity contribution in [1.29, 1.82) is 0 Å². The van der Waals surface area contributed by atoms with Gasteiger partial charge in [-0.05, 0) is 26.0 Å². The quantitative estimate of drug-likeness (QED) is 0.907. The normalized spacial score (nSPS) is 11.6. The second-order valence-corrected chi connectivity index (χ2v) is 4.69. The SMILES string of the molecule is COc1ccc(-n2cncc2C(C)(C)N)cc1F. The van der Waals surface area contributed by atoms with Crippen molar-refractivity contribution in [2.45, 2.75) is 19.4 Å². The molecular weight excluding hydrogens is 233 g/mol. The molecule has 0 atom stereocenters. The van der Waals surface area contributed by atoms with Crippen molar-refractivity contribution < 1.29 is 9.13 Å². The van der Waals surface area contributed by atoms with Crippen molar-refractivity contribution in [3.05, 3.63) is 42.2 Å². The summed E-state index contributed by atoms with van der Waals surface area (Å²) < 4.78 is 20.3. The first kappa shape index (κ1) is 12.6. The zero-order valence-electron chi connectivity index (χ0n) is 10.6. The van der Waals surface area contributed by atoms with Gasteiger partial charge in [0.1, 0.15) is 0 Å². The topological polar surface area (TPSA) is 53.1 Å². The van der Waals surface area contributed by atoms with Crippen LogP contribution in [0.1, 0.15) is 19.5 Å². The number of ether oxygens (including phenoxy) is 1. The molecule has 0 aliphatic heterocycles. The van der Waals surface area contributed by atoms with Gasteiger partial charge in [-0.1, -0.05) is 0 Å². The van der Waals surface area contributed by atoms with E-state index in [1.165, 1.54) is 13.2 Å². The number of nitrogens with zero attached hydrogens (tertiary/aromatic N) is 2. The van der Waals surface area contributed by atoms with Gasteiger partial charge in [-0.25, -0.2) is 9.37 Å². The molecule has 2 aromatic rings. The van der Waals surface area contributed by atoms with Gasteiger partial charge in [0, 0.05) is 6.07 Å². The molecule has 2 N–H and O–H groups in total. The van der Waals surface area contributed by atoms with Gasteiger partial charge >= 0.3 is 0 Å². The number of rotatable bonds is 3. The third-order valence-electron chi connectivity index (χ3n) is 2.71. The lowest BCUT2D eigenvalue weighted by molar-refractivity contribution is 0.386. The van der Waals surface area contributed by atoms with E-state index in [9.17, 15) is 4.39 Å². The molecule has 0 aliphatic rings. The van der Waals surface area contributed by atoms with Crippen molar-refractivity contribution in [3.8, 4) is 11.4 Å². The predicted octanol–water partition coefficient (Wildman–Crippen LogP) is 2.21. The lowest BCUT2D eigenvalue weighted by atomic mass is 10.0. The smallest absolute Gasteiger partial charge is 0.167 e. The molecule has 0 saturated heterocycles. The summed E-state index contributed by atoms with van der Waals surface area (Å²) in [6.07, 6.45) is 3.30. The molecule has 0 aliphatic carbocycles. The third-order valence-corrected chi connectivity index (χ3v) is 2.71. The summed E-state index contributed by atoms with van der Waals surface area (Å²) in [6, 6.07) is 4.74. The fourth-order valence-electron chi connectivity index (χ4n) is 1.78. The van der Waals surface area contributed by atoms with Gasteiger partial charge in [0.05, 0.1) is 36.6 Å². The Labute approximate surface area is 105 Å². The molecule has 1 aromatic carbocycles. The Hall–Kier alpha value is -1.88. The number of hydrogen-bond donors (Lipinski definition) is 1. The maximum atomic E-state index is 13.7. The minimum absolute atomic E-state index is 0.215. The van der Waals surface area contributed by atoms with Crippen molar-refractivity contribution >= 4 is 0 Å². The molecule has 5 heteroatoms. The van der Waals surface area contributed by atoms with E-state index < -0.39 is 11.4 Å². The Kier molecular flexibility index (Phi) is 3.09. The van der Waals surface area contributed by atoms with Crippen LogP contribution in [0.4, 0.5) is 4.39 Å². The highest BCUT2D eigenvalue weighted by atomic mass is 19.1.